The maximum atomic E-state index is 4.48. The number of rotatable bonds is 2. The normalized spacial score (nSPS) is 11.0. The van der Waals surface area contributed by atoms with E-state index in [1.807, 2.05) is 12.3 Å². The summed E-state index contributed by atoms with van der Waals surface area (Å²) < 4.78 is 2.18. The van der Waals surface area contributed by atoms with Crippen molar-refractivity contribution in [3.63, 3.8) is 0 Å². The topological polar surface area (TPSA) is 17.8 Å². The van der Waals surface area contributed by atoms with Crippen LogP contribution in [0.25, 0.3) is 10.9 Å². The molecule has 90 valence electrons. The van der Waals surface area contributed by atoms with Gasteiger partial charge in [-0.25, -0.2) is 0 Å². The third-order valence-corrected chi connectivity index (χ3v) is 3.46. The van der Waals surface area contributed by atoms with Crippen molar-refractivity contribution in [3.8, 4) is 0 Å². The lowest BCUT2D eigenvalue weighted by molar-refractivity contribution is 0.951. The Labute approximate surface area is 107 Å². The summed E-state index contributed by atoms with van der Waals surface area (Å²) in [6.07, 6.45) is 4.97. The number of hydrogen-bond donors (Lipinski definition) is 0. The average Bonchev–Trinajstić information content (AvgIpc) is 2.70. The second-order valence-electron chi connectivity index (χ2n) is 4.73. The van der Waals surface area contributed by atoms with Crippen molar-refractivity contribution < 1.29 is 0 Å². The molecule has 0 fully saturated rings. The standard InChI is InChI=1S/C16H16N2/c1-12-6-5-9-17-15(12)10-13-11-18(2)16-8-4-3-7-14(13)16/h3-9,11H,10H2,1-2H3. The maximum absolute atomic E-state index is 4.48. The summed E-state index contributed by atoms with van der Waals surface area (Å²) in [4.78, 5) is 4.48. The molecule has 0 N–H and O–H groups in total. The first-order chi connectivity index (χ1) is 8.75. The minimum Gasteiger partial charge on any atom is -0.350 e. The van der Waals surface area contributed by atoms with Crippen molar-refractivity contribution in [2.75, 3.05) is 0 Å². The summed E-state index contributed by atoms with van der Waals surface area (Å²) in [5.74, 6) is 0. The highest BCUT2D eigenvalue weighted by Crippen LogP contribution is 2.23. The van der Waals surface area contributed by atoms with E-state index in [1.165, 1.54) is 22.0 Å². The third-order valence-electron chi connectivity index (χ3n) is 3.46. The van der Waals surface area contributed by atoms with Gasteiger partial charge >= 0.3 is 0 Å². The minimum atomic E-state index is 0.897. The van der Waals surface area contributed by atoms with Crippen molar-refractivity contribution in [2.24, 2.45) is 7.05 Å². The van der Waals surface area contributed by atoms with Gasteiger partial charge in [0.05, 0.1) is 0 Å². The van der Waals surface area contributed by atoms with Crippen molar-refractivity contribution in [3.05, 3.63) is 65.6 Å². The second-order valence-corrected chi connectivity index (χ2v) is 4.73. The maximum Gasteiger partial charge on any atom is 0.0480 e. The van der Waals surface area contributed by atoms with E-state index in [-0.39, 0.29) is 0 Å². The number of fused-ring (bicyclic) bond motifs is 1. The molecule has 0 unspecified atom stereocenters. The SMILES string of the molecule is Cc1cccnc1Cc1cn(C)c2ccccc12. The Kier molecular flexibility index (Phi) is 2.63. The Balaban J connectivity index is 2.08. The minimum absolute atomic E-state index is 0.897. The fourth-order valence-electron chi connectivity index (χ4n) is 2.45. The lowest BCUT2D eigenvalue weighted by Gasteiger charge is -2.03. The van der Waals surface area contributed by atoms with Gasteiger partial charge in [-0.1, -0.05) is 24.3 Å². The van der Waals surface area contributed by atoms with E-state index in [0.29, 0.717) is 0 Å². The van der Waals surface area contributed by atoms with E-state index in [4.69, 9.17) is 0 Å². The number of para-hydroxylation sites is 1. The highest BCUT2D eigenvalue weighted by atomic mass is 14.9. The number of nitrogens with zero attached hydrogens (tertiary/aromatic N) is 2. The molecule has 0 atom stereocenters. The van der Waals surface area contributed by atoms with Crippen molar-refractivity contribution >= 4 is 10.9 Å². The Morgan fingerprint density at radius 1 is 1.11 bits per heavy atom. The van der Waals surface area contributed by atoms with Crippen LogP contribution in [-0.2, 0) is 13.5 Å². The lowest BCUT2D eigenvalue weighted by atomic mass is 10.1. The molecule has 2 aromatic heterocycles. The fraction of sp³-hybridized carbons (Fsp3) is 0.188. The van der Waals surface area contributed by atoms with E-state index in [1.54, 1.807) is 0 Å². The van der Waals surface area contributed by atoms with Crippen LogP contribution in [0.1, 0.15) is 16.8 Å². The monoisotopic (exact) mass is 236 g/mol. The molecule has 0 aliphatic rings. The van der Waals surface area contributed by atoms with Crippen molar-refractivity contribution in [1.29, 1.82) is 0 Å². The molecular weight excluding hydrogens is 220 g/mol. The van der Waals surface area contributed by atoms with Gasteiger partial charge in [0.2, 0.25) is 0 Å². The Hall–Kier alpha value is -2.09. The zero-order valence-corrected chi connectivity index (χ0v) is 10.7. The average molecular weight is 236 g/mol. The Morgan fingerprint density at radius 3 is 2.78 bits per heavy atom. The smallest absolute Gasteiger partial charge is 0.0480 e. The predicted octanol–water partition coefficient (Wildman–Crippen LogP) is 3.47. The highest BCUT2D eigenvalue weighted by Gasteiger charge is 2.08. The quantitative estimate of drug-likeness (QED) is 0.666. The Morgan fingerprint density at radius 2 is 1.94 bits per heavy atom. The van der Waals surface area contributed by atoms with Crippen LogP contribution in [0, 0.1) is 6.92 Å². The molecule has 0 aliphatic heterocycles. The molecule has 0 saturated heterocycles. The molecule has 0 amide bonds. The van der Waals surface area contributed by atoms with Gasteiger partial charge in [-0.15, -0.1) is 0 Å². The number of aromatic nitrogens is 2. The first kappa shape index (κ1) is 11.0. The van der Waals surface area contributed by atoms with Gasteiger partial charge in [-0.2, -0.15) is 0 Å². The van der Waals surface area contributed by atoms with Crippen LogP contribution in [0.3, 0.4) is 0 Å². The summed E-state index contributed by atoms with van der Waals surface area (Å²) in [5, 5.41) is 1.32. The molecule has 18 heavy (non-hydrogen) atoms. The van der Waals surface area contributed by atoms with Crippen LogP contribution >= 0.6 is 0 Å². The summed E-state index contributed by atoms with van der Waals surface area (Å²) in [5.41, 5.74) is 5.04. The molecular formula is C16H16N2. The number of pyridine rings is 1. The summed E-state index contributed by atoms with van der Waals surface area (Å²) >= 11 is 0. The van der Waals surface area contributed by atoms with Gasteiger partial charge in [0.1, 0.15) is 0 Å². The van der Waals surface area contributed by atoms with E-state index in [0.717, 1.165) is 12.1 Å². The third kappa shape index (κ3) is 1.80. The highest BCUT2D eigenvalue weighted by molar-refractivity contribution is 5.84. The number of hydrogen-bond acceptors (Lipinski definition) is 1. The summed E-state index contributed by atoms with van der Waals surface area (Å²) in [6, 6.07) is 12.6. The van der Waals surface area contributed by atoms with Crippen LogP contribution in [0.4, 0.5) is 0 Å². The second kappa shape index (κ2) is 4.30. The van der Waals surface area contributed by atoms with Crippen molar-refractivity contribution in [1.82, 2.24) is 9.55 Å². The zero-order valence-electron chi connectivity index (χ0n) is 10.7. The first-order valence-corrected chi connectivity index (χ1v) is 6.19. The number of aryl methyl sites for hydroxylation is 2. The van der Waals surface area contributed by atoms with Crippen molar-refractivity contribution in [2.45, 2.75) is 13.3 Å². The molecule has 0 saturated carbocycles. The molecule has 3 aromatic rings. The van der Waals surface area contributed by atoms with E-state index >= 15 is 0 Å². The van der Waals surface area contributed by atoms with Gasteiger partial charge in [0, 0.05) is 42.5 Å². The van der Waals surface area contributed by atoms with Crippen LogP contribution < -0.4 is 0 Å². The first-order valence-electron chi connectivity index (χ1n) is 6.19. The van der Waals surface area contributed by atoms with Crippen LogP contribution in [-0.4, -0.2) is 9.55 Å². The Bertz CT molecular complexity index is 695. The van der Waals surface area contributed by atoms with Gasteiger partial charge in [0.25, 0.3) is 0 Å². The molecule has 1 aromatic carbocycles. The van der Waals surface area contributed by atoms with Gasteiger partial charge < -0.3 is 4.57 Å². The fourth-order valence-corrected chi connectivity index (χ4v) is 2.45. The van der Waals surface area contributed by atoms with E-state index < -0.39 is 0 Å². The molecule has 2 nitrogen and oxygen atoms in total. The molecule has 3 rings (SSSR count). The molecule has 0 spiro atoms. The summed E-state index contributed by atoms with van der Waals surface area (Å²) in [7, 11) is 2.09. The van der Waals surface area contributed by atoms with Gasteiger partial charge in [-0.3, -0.25) is 4.98 Å². The molecule has 0 radical (unpaired) electrons. The largest absolute Gasteiger partial charge is 0.350 e. The van der Waals surface area contributed by atoms with Crippen LogP contribution in [0.2, 0.25) is 0 Å². The summed E-state index contributed by atoms with van der Waals surface area (Å²) in [6.45, 7) is 2.12. The van der Waals surface area contributed by atoms with Gasteiger partial charge in [0.15, 0.2) is 0 Å². The van der Waals surface area contributed by atoms with E-state index in [2.05, 4.69) is 60.1 Å². The van der Waals surface area contributed by atoms with E-state index in [9.17, 15) is 0 Å². The molecule has 2 heterocycles. The van der Waals surface area contributed by atoms with Crippen LogP contribution in [0.5, 0.6) is 0 Å². The zero-order chi connectivity index (χ0) is 12.5. The molecule has 2 heteroatoms. The van der Waals surface area contributed by atoms with Gasteiger partial charge in [-0.05, 0) is 30.2 Å². The predicted molar refractivity (Wildman–Crippen MR) is 74.7 cm³/mol. The lowest BCUT2D eigenvalue weighted by Crippen LogP contribution is -1.94. The molecule has 0 bridgehead atoms. The number of benzene rings is 1. The van der Waals surface area contributed by atoms with Crippen LogP contribution in [0.15, 0.2) is 48.8 Å². The molecule has 0 aliphatic carbocycles.